The molecule has 2 fully saturated rings. The number of carbonyl (C=O) groups is 1. The Labute approximate surface area is 105 Å². The quantitative estimate of drug-likeness (QED) is 0.804. The summed E-state index contributed by atoms with van der Waals surface area (Å²) in [5.74, 6) is 1.68. The number of aromatic nitrogens is 2. The average Bonchev–Trinajstić information content (AvgIpc) is 3.02. The van der Waals surface area contributed by atoms with Crippen LogP contribution >= 0.6 is 0 Å². The number of piperidine rings is 1. The van der Waals surface area contributed by atoms with E-state index in [1.165, 1.54) is 0 Å². The maximum Gasteiger partial charge on any atom is 0.246 e. The summed E-state index contributed by atoms with van der Waals surface area (Å²) >= 11 is 0. The number of hydrogen-bond acceptors (Lipinski definition) is 5. The molecule has 1 amide bonds. The van der Waals surface area contributed by atoms with Crippen molar-refractivity contribution in [2.45, 2.75) is 38.1 Å². The molecule has 0 unspecified atom stereocenters. The first-order chi connectivity index (χ1) is 8.83. The molecule has 1 aromatic heterocycles. The van der Waals surface area contributed by atoms with Crippen molar-refractivity contribution >= 4 is 5.91 Å². The van der Waals surface area contributed by atoms with Crippen molar-refractivity contribution in [2.75, 3.05) is 19.8 Å². The lowest BCUT2D eigenvalue weighted by Crippen LogP contribution is -2.34. The minimum atomic E-state index is 0.185. The number of ether oxygens (including phenoxy) is 1. The first kappa shape index (κ1) is 11.6. The molecule has 0 N–H and O–H groups in total. The molecule has 2 saturated heterocycles. The van der Waals surface area contributed by atoms with Crippen molar-refractivity contribution in [1.29, 1.82) is 0 Å². The van der Waals surface area contributed by atoms with E-state index in [0.29, 0.717) is 31.3 Å². The van der Waals surface area contributed by atoms with Gasteiger partial charge >= 0.3 is 0 Å². The third-order valence-electron chi connectivity index (χ3n) is 3.53. The number of carbonyl (C=O) groups excluding carboxylic acids is 1. The minimum absolute atomic E-state index is 0.185. The number of hydrogen-bond donors (Lipinski definition) is 0. The van der Waals surface area contributed by atoms with E-state index in [0.717, 1.165) is 32.4 Å². The van der Waals surface area contributed by atoms with Crippen LogP contribution in [0.5, 0.6) is 0 Å². The zero-order valence-corrected chi connectivity index (χ0v) is 10.3. The molecule has 6 heteroatoms. The summed E-state index contributed by atoms with van der Waals surface area (Å²) in [5.41, 5.74) is 0. The molecule has 2 aliphatic rings. The zero-order valence-electron chi connectivity index (χ0n) is 10.3. The topological polar surface area (TPSA) is 68.5 Å². The van der Waals surface area contributed by atoms with Gasteiger partial charge < -0.3 is 14.2 Å². The van der Waals surface area contributed by atoms with E-state index < -0.39 is 0 Å². The van der Waals surface area contributed by atoms with Crippen LogP contribution in [0.25, 0.3) is 0 Å². The monoisotopic (exact) mass is 251 g/mol. The molecule has 6 nitrogen and oxygen atoms in total. The first-order valence-electron chi connectivity index (χ1n) is 6.51. The van der Waals surface area contributed by atoms with Crippen LogP contribution in [0.2, 0.25) is 0 Å². The second-order valence-corrected chi connectivity index (χ2v) is 4.88. The number of likely N-dealkylation sites (tertiary alicyclic amines) is 1. The molecule has 0 bridgehead atoms. The third kappa shape index (κ3) is 2.38. The predicted octanol–water partition coefficient (Wildman–Crippen LogP) is 1.09. The van der Waals surface area contributed by atoms with Gasteiger partial charge in [0.1, 0.15) is 0 Å². The summed E-state index contributed by atoms with van der Waals surface area (Å²) in [4.78, 5) is 17.8. The third-order valence-corrected chi connectivity index (χ3v) is 3.53. The Balaban J connectivity index is 1.64. The lowest BCUT2D eigenvalue weighted by atomic mass is 10.1. The normalized spacial score (nSPS) is 24.8. The van der Waals surface area contributed by atoms with E-state index in [2.05, 4.69) is 10.1 Å². The molecule has 0 aliphatic carbocycles. The Morgan fingerprint density at radius 1 is 1.39 bits per heavy atom. The summed E-state index contributed by atoms with van der Waals surface area (Å²) in [7, 11) is 0. The molecule has 3 rings (SSSR count). The molecule has 1 aromatic rings. The van der Waals surface area contributed by atoms with Gasteiger partial charge in [-0.15, -0.1) is 0 Å². The molecule has 3 heterocycles. The fourth-order valence-corrected chi connectivity index (χ4v) is 2.43. The highest BCUT2D eigenvalue weighted by atomic mass is 16.5. The molecule has 0 saturated carbocycles. The molecule has 2 aliphatic heterocycles. The van der Waals surface area contributed by atoms with Crippen LogP contribution in [0, 0.1) is 0 Å². The van der Waals surface area contributed by atoms with Crippen molar-refractivity contribution < 1.29 is 14.1 Å². The Morgan fingerprint density at radius 2 is 2.33 bits per heavy atom. The lowest BCUT2D eigenvalue weighted by Gasteiger charge is -2.24. The lowest BCUT2D eigenvalue weighted by molar-refractivity contribution is -0.134. The van der Waals surface area contributed by atoms with Crippen molar-refractivity contribution in [3.05, 3.63) is 11.7 Å². The summed E-state index contributed by atoms with van der Waals surface area (Å²) in [6.45, 7) is 2.67. The smallest absolute Gasteiger partial charge is 0.246 e. The van der Waals surface area contributed by atoms with E-state index in [1.54, 1.807) is 4.90 Å². The van der Waals surface area contributed by atoms with Crippen molar-refractivity contribution in [3.8, 4) is 0 Å². The van der Waals surface area contributed by atoms with Gasteiger partial charge in [0.05, 0.1) is 13.2 Å². The van der Waals surface area contributed by atoms with Crippen molar-refractivity contribution in [2.24, 2.45) is 0 Å². The minimum Gasteiger partial charge on any atom is -0.381 e. The van der Waals surface area contributed by atoms with Gasteiger partial charge in [0, 0.05) is 25.5 Å². The SMILES string of the molecule is O=C1CCCCN1Cc1nc([C@H]2CCOC2)no1. The molecule has 0 aromatic carbocycles. The fraction of sp³-hybridized carbons (Fsp3) is 0.750. The highest BCUT2D eigenvalue weighted by Gasteiger charge is 2.25. The van der Waals surface area contributed by atoms with Crippen LogP contribution in [0.15, 0.2) is 4.52 Å². The summed E-state index contributed by atoms with van der Waals surface area (Å²) in [6.07, 6.45) is 3.63. The van der Waals surface area contributed by atoms with E-state index in [4.69, 9.17) is 9.26 Å². The average molecular weight is 251 g/mol. The molecular weight excluding hydrogens is 234 g/mol. The van der Waals surface area contributed by atoms with Crippen LogP contribution in [0.3, 0.4) is 0 Å². The van der Waals surface area contributed by atoms with Crippen LogP contribution in [0.1, 0.15) is 43.3 Å². The first-order valence-corrected chi connectivity index (χ1v) is 6.51. The number of amides is 1. The molecule has 18 heavy (non-hydrogen) atoms. The highest BCUT2D eigenvalue weighted by Crippen LogP contribution is 2.23. The van der Waals surface area contributed by atoms with Crippen LogP contribution in [0.4, 0.5) is 0 Å². The Morgan fingerprint density at radius 3 is 3.11 bits per heavy atom. The molecular formula is C12H17N3O3. The highest BCUT2D eigenvalue weighted by molar-refractivity contribution is 5.76. The van der Waals surface area contributed by atoms with E-state index >= 15 is 0 Å². The number of nitrogens with zero attached hydrogens (tertiary/aromatic N) is 3. The Bertz CT molecular complexity index is 426. The number of rotatable bonds is 3. The van der Waals surface area contributed by atoms with Crippen LogP contribution in [-0.2, 0) is 16.1 Å². The van der Waals surface area contributed by atoms with Gasteiger partial charge in [-0.2, -0.15) is 4.98 Å². The molecule has 0 spiro atoms. The maximum absolute atomic E-state index is 11.7. The largest absolute Gasteiger partial charge is 0.381 e. The zero-order chi connectivity index (χ0) is 12.4. The fourth-order valence-electron chi connectivity index (χ4n) is 2.43. The van der Waals surface area contributed by atoms with E-state index in [9.17, 15) is 4.79 Å². The second kappa shape index (κ2) is 5.06. The van der Waals surface area contributed by atoms with Gasteiger partial charge in [0.15, 0.2) is 5.82 Å². The standard InChI is InChI=1S/C12H17N3O3/c16-11-3-1-2-5-15(11)7-10-13-12(14-18-10)9-4-6-17-8-9/h9H,1-8H2/t9-/m0/s1. The molecule has 1 atom stereocenters. The van der Waals surface area contributed by atoms with Gasteiger partial charge in [-0.3, -0.25) is 4.79 Å². The van der Waals surface area contributed by atoms with E-state index in [-0.39, 0.29) is 11.8 Å². The Hall–Kier alpha value is -1.43. The predicted molar refractivity (Wildman–Crippen MR) is 61.7 cm³/mol. The van der Waals surface area contributed by atoms with E-state index in [1.807, 2.05) is 0 Å². The van der Waals surface area contributed by atoms with Crippen LogP contribution in [-0.4, -0.2) is 40.7 Å². The second-order valence-electron chi connectivity index (χ2n) is 4.88. The van der Waals surface area contributed by atoms with Crippen molar-refractivity contribution in [3.63, 3.8) is 0 Å². The van der Waals surface area contributed by atoms with Gasteiger partial charge in [0.2, 0.25) is 11.8 Å². The van der Waals surface area contributed by atoms with Gasteiger partial charge in [0.25, 0.3) is 0 Å². The molecule has 98 valence electrons. The van der Waals surface area contributed by atoms with Crippen LogP contribution < -0.4 is 0 Å². The Kier molecular flexibility index (Phi) is 3.27. The van der Waals surface area contributed by atoms with Gasteiger partial charge in [-0.05, 0) is 19.3 Å². The summed E-state index contributed by atoms with van der Waals surface area (Å²) in [5, 5.41) is 3.98. The van der Waals surface area contributed by atoms with Gasteiger partial charge in [-0.1, -0.05) is 5.16 Å². The summed E-state index contributed by atoms with van der Waals surface area (Å²) in [6, 6.07) is 0. The summed E-state index contributed by atoms with van der Waals surface area (Å²) < 4.78 is 10.5. The van der Waals surface area contributed by atoms with Crippen molar-refractivity contribution in [1.82, 2.24) is 15.0 Å². The van der Waals surface area contributed by atoms with Gasteiger partial charge in [-0.25, -0.2) is 0 Å². The molecule has 0 radical (unpaired) electrons. The maximum atomic E-state index is 11.7.